The number of halogens is 2. The van der Waals surface area contributed by atoms with E-state index in [0.717, 1.165) is 6.42 Å². The Morgan fingerprint density at radius 3 is 3.00 bits per heavy atom. The number of aromatic nitrogens is 1. The Labute approximate surface area is 114 Å². The normalized spacial score (nSPS) is 12.2. The van der Waals surface area contributed by atoms with E-state index < -0.39 is 0 Å². The second-order valence-corrected chi connectivity index (χ2v) is 4.79. The minimum absolute atomic E-state index is 0.0118. The summed E-state index contributed by atoms with van der Waals surface area (Å²) < 4.78 is 5.95. The van der Waals surface area contributed by atoms with Gasteiger partial charge in [-0.05, 0) is 29.3 Å². The molecule has 17 heavy (non-hydrogen) atoms. The fourth-order valence-corrected chi connectivity index (χ4v) is 1.51. The molecule has 6 heteroatoms. The summed E-state index contributed by atoms with van der Waals surface area (Å²) in [4.78, 5) is 15.5. The van der Waals surface area contributed by atoms with Crippen molar-refractivity contribution < 1.29 is 9.53 Å². The highest BCUT2D eigenvalue weighted by atomic mass is 79.9. The first kappa shape index (κ1) is 14.4. The molecule has 1 amide bonds. The van der Waals surface area contributed by atoms with Gasteiger partial charge in [-0.3, -0.25) is 9.78 Å². The summed E-state index contributed by atoms with van der Waals surface area (Å²) in [6.07, 6.45) is 3.99. The molecule has 0 radical (unpaired) electrons. The lowest BCUT2D eigenvalue weighted by atomic mass is 10.3. The number of carbonyl (C=O) groups excluding carboxylic acids is 1. The van der Waals surface area contributed by atoms with Gasteiger partial charge in [0.15, 0.2) is 0 Å². The van der Waals surface area contributed by atoms with Crippen molar-refractivity contribution in [3.05, 3.63) is 21.9 Å². The predicted octanol–water partition coefficient (Wildman–Crippen LogP) is 3.25. The molecule has 1 aromatic rings. The maximum absolute atomic E-state index is 11.6. The number of nitrogens with zero attached hydrogens (tertiary/aromatic N) is 1. The highest BCUT2D eigenvalue weighted by Crippen LogP contribution is 2.28. The second-order valence-electron chi connectivity index (χ2n) is 3.56. The van der Waals surface area contributed by atoms with Gasteiger partial charge in [-0.25, -0.2) is 0 Å². The zero-order chi connectivity index (χ0) is 12.8. The van der Waals surface area contributed by atoms with Gasteiger partial charge in [0.05, 0.1) is 27.5 Å². The van der Waals surface area contributed by atoms with Crippen molar-refractivity contribution in [1.82, 2.24) is 4.98 Å². The van der Waals surface area contributed by atoms with Crippen molar-refractivity contribution in [2.75, 3.05) is 11.9 Å². The first-order valence-corrected chi connectivity index (χ1v) is 6.42. The number of nitrogens with one attached hydrogen (secondary N) is 1. The lowest BCUT2D eigenvalue weighted by Crippen LogP contribution is -2.21. The zero-order valence-electron chi connectivity index (χ0n) is 9.67. The van der Waals surface area contributed by atoms with Crippen LogP contribution in [0, 0.1) is 0 Å². The number of pyridine rings is 1. The molecule has 0 saturated carbocycles. The van der Waals surface area contributed by atoms with Crippen molar-refractivity contribution in [1.29, 1.82) is 0 Å². The van der Waals surface area contributed by atoms with E-state index in [0.29, 0.717) is 15.2 Å². The summed E-state index contributed by atoms with van der Waals surface area (Å²) in [7, 11) is 0. The molecule has 0 aromatic carbocycles. The molecular weight excluding hydrogens is 307 g/mol. The molecule has 0 spiro atoms. The molecule has 1 N–H and O–H groups in total. The van der Waals surface area contributed by atoms with Crippen LogP contribution >= 0.6 is 27.5 Å². The Morgan fingerprint density at radius 2 is 2.35 bits per heavy atom. The van der Waals surface area contributed by atoms with Gasteiger partial charge in [0, 0.05) is 6.20 Å². The monoisotopic (exact) mass is 320 g/mol. The molecule has 1 rings (SSSR count). The summed E-state index contributed by atoms with van der Waals surface area (Å²) in [6, 6.07) is 0. The molecule has 0 aliphatic rings. The number of carbonyl (C=O) groups is 1. The standard InChI is InChI=1S/C11H14BrClN2O2/c1-3-7(2)17-6-10(16)15-9-5-14-4-8(12)11(9)13/h4-5,7H,3,6H2,1-2H3,(H,15,16)/t7-/m1/s1. The van der Waals surface area contributed by atoms with Crippen molar-refractivity contribution in [3.8, 4) is 0 Å². The van der Waals surface area contributed by atoms with Crippen LogP contribution in [0.1, 0.15) is 20.3 Å². The third kappa shape index (κ3) is 4.61. The van der Waals surface area contributed by atoms with Crippen LogP contribution in [0.5, 0.6) is 0 Å². The third-order valence-electron chi connectivity index (χ3n) is 2.19. The largest absolute Gasteiger partial charge is 0.369 e. The first-order chi connectivity index (χ1) is 8.04. The van der Waals surface area contributed by atoms with Crippen LogP contribution in [0.3, 0.4) is 0 Å². The third-order valence-corrected chi connectivity index (χ3v) is 3.42. The maximum Gasteiger partial charge on any atom is 0.250 e. The van der Waals surface area contributed by atoms with E-state index in [1.807, 2.05) is 13.8 Å². The number of ether oxygens (including phenoxy) is 1. The average Bonchev–Trinajstić information content (AvgIpc) is 2.32. The Hall–Kier alpha value is -0.650. The van der Waals surface area contributed by atoms with Crippen molar-refractivity contribution in [2.24, 2.45) is 0 Å². The number of hydrogen-bond donors (Lipinski definition) is 1. The highest BCUT2D eigenvalue weighted by molar-refractivity contribution is 9.10. The van der Waals surface area contributed by atoms with Gasteiger partial charge in [0.25, 0.3) is 0 Å². The second kappa shape index (κ2) is 6.93. The molecule has 0 bridgehead atoms. The van der Waals surface area contributed by atoms with Crippen LogP contribution in [0.25, 0.3) is 0 Å². The molecule has 1 heterocycles. The first-order valence-electron chi connectivity index (χ1n) is 5.25. The number of anilines is 1. The Morgan fingerprint density at radius 1 is 1.65 bits per heavy atom. The topological polar surface area (TPSA) is 51.2 Å². The van der Waals surface area contributed by atoms with Crippen LogP contribution in [0.4, 0.5) is 5.69 Å². The average molecular weight is 322 g/mol. The minimum Gasteiger partial charge on any atom is -0.369 e. The van der Waals surface area contributed by atoms with Gasteiger partial charge in [-0.15, -0.1) is 0 Å². The number of hydrogen-bond acceptors (Lipinski definition) is 3. The smallest absolute Gasteiger partial charge is 0.250 e. The molecule has 0 fully saturated rings. The van der Waals surface area contributed by atoms with E-state index in [9.17, 15) is 4.79 Å². The molecule has 0 aliphatic carbocycles. The minimum atomic E-state index is -0.243. The maximum atomic E-state index is 11.6. The molecule has 0 saturated heterocycles. The van der Waals surface area contributed by atoms with Crippen molar-refractivity contribution in [2.45, 2.75) is 26.4 Å². The van der Waals surface area contributed by atoms with Gasteiger partial charge in [0.1, 0.15) is 6.61 Å². The van der Waals surface area contributed by atoms with E-state index in [2.05, 4.69) is 26.2 Å². The summed E-state index contributed by atoms with van der Waals surface area (Å²) >= 11 is 9.22. The van der Waals surface area contributed by atoms with Gasteiger partial charge in [-0.1, -0.05) is 18.5 Å². The van der Waals surface area contributed by atoms with E-state index in [4.69, 9.17) is 16.3 Å². The van der Waals surface area contributed by atoms with Crippen LogP contribution in [0.15, 0.2) is 16.9 Å². The van der Waals surface area contributed by atoms with Gasteiger partial charge in [-0.2, -0.15) is 0 Å². The van der Waals surface area contributed by atoms with Crippen LogP contribution < -0.4 is 5.32 Å². The van der Waals surface area contributed by atoms with E-state index >= 15 is 0 Å². The number of amides is 1. The molecule has 1 atom stereocenters. The summed E-state index contributed by atoms with van der Waals surface area (Å²) in [5.74, 6) is -0.243. The van der Waals surface area contributed by atoms with Crippen molar-refractivity contribution in [3.63, 3.8) is 0 Å². The molecule has 0 unspecified atom stereocenters. The van der Waals surface area contributed by atoms with Crippen molar-refractivity contribution >= 4 is 39.1 Å². The molecular formula is C11H14BrClN2O2. The lowest BCUT2D eigenvalue weighted by molar-refractivity contribution is -0.122. The Bertz CT molecular complexity index is 401. The van der Waals surface area contributed by atoms with Crippen LogP contribution in [-0.4, -0.2) is 23.6 Å². The lowest BCUT2D eigenvalue weighted by Gasteiger charge is -2.11. The molecule has 94 valence electrons. The Balaban J connectivity index is 2.54. The highest BCUT2D eigenvalue weighted by Gasteiger charge is 2.09. The molecule has 0 aliphatic heterocycles. The fourth-order valence-electron chi connectivity index (χ4n) is 1.03. The van der Waals surface area contributed by atoms with Gasteiger partial charge in [0.2, 0.25) is 5.91 Å². The SMILES string of the molecule is CC[C@@H](C)OCC(=O)Nc1cncc(Br)c1Cl. The van der Waals surface area contributed by atoms with Gasteiger partial charge >= 0.3 is 0 Å². The van der Waals surface area contributed by atoms with E-state index in [-0.39, 0.29) is 18.6 Å². The quantitative estimate of drug-likeness (QED) is 0.905. The summed E-state index contributed by atoms with van der Waals surface area (Å²) in [5, 5.41) is 3.07. The summed E-state index contributed by atoms with van der Waals surface area (Å²) in [5.41, 5.74) is 0.471. The van der Waals surface area contributed by atoms with E-state index in [1.165, 1.54) is 6.20 Å². The zero-order valence-corrected chi connectivity index (χ0v) is 12.0. The predicted molar refractivity (Wildman–Crippen MR) is 71.3 cm³/mol. The van der Waals surface area contributed by atoms with Gasteiger partial charge < -0.3 is 10.1 Å². The summed E-state index contributed by atoms with van der Waals surface area (Å²) in [6.45, 7) is 3.93. The molecule has 4 nitrogen and oxygen atoms in total. The van der Waals surface area contributed by atoms with Crippen LogP contribution in [-0.2, 0) is 9.53 Å². The Kier molecular flexibility index (Phi) is 5.88. The van der Waals surface area contributed by atoms with Crippen LogP contribution in [0.2, 0.25) is 5.02 Å². The fraction of sp³-hybridized carbons (Fsp3) is 0.455. The number of rotatable bonds is 5. The van der Waals surface area contributed by atoms with E-state index in [1.54, 1.807) is 6.20 Å². The molecule has 1 aromatic heterocycles.